The molecule has 0 saturated carbocycles. The van der Waals surface area contributed by atoms with Crippen molar-refractivity contribution in [2.45, 2.75) is 32.8 Å². The van der Waals surface area contributed by atoms with E-state index in [-0.39, 0.29) is 12.4 Å². The van der Waals surface area contributed by atoms with Gasteiger partial charge in [0.15, 0.2) is 0 Å². The van der Waals surface area contributed by atoms with Crippen molar-refractivity contribution in [2.24, 2.45) is 0 Å². The Morgan fingerprint density at radius 1 is 1.15 bits per heavy atom. The Morgan fingerprint density at radius 2 is 1.85 bits per heavy atom. The van der Waals surface area contributed by atoms with Gasteiger partial charge in [0.25, 0.3) is 0 Å². The Labute approximate surface area is 124 Å². The van der Waals surface area contributed by atoms with Gasteiger partial charge in [-0.15, -0.1) is 0 Å². The Balaban J connectivity index is 2.02. The van der Waals surface area contributed by atoms with Crippen LogP contribution in [0.1, 0.15) is 37.3 Å². The van der Waals surface area contributed by atoms with E-state index in [4.69, 9.17) is 16.3 Å². The fraction of sp³-hybridized carbons (Fsp3) is 0.294. The first-order valence-corrected chi connectivity index (χ1v) is 7.14. The fourth-order valence-electron chi connectivity index (χ4n) is 1.94. The van der Waals surface area contributed by atoms with Crippen molar-refractivity contribution in [1.82, 2.24) is 0 Å². The first-order chi connectivity index (χ1) is 9.60. The fourth-order valence-corrected chi connectivity index (χ4v) is 2.12. The summed E-state index contributed by atoms with van der Waals surface area (Å²) < 4.78 is 18.8. The van der Waals surface area contributed by atoms with Gasteiger partial charge in [0.2, 0.25) is 0 Å². The van der Waals surface area contributed by atoms with Crippen molar-refractivity contribution in [3.63, 3.8) is 0 Å². The lowest BCUT2D eigenvalue weighted by molar-refractivity contribution is 0.305. The lowest BCUT2D eigenvalue weighted by Gasteiger charge is -2.11. The largest absolute Gasteiger partial charge is 0.489 e. The number of hydrogen-bond donors (Lipinski definition) is 0. The molecule has 0 aromatic heterocycles. The van der Waals surface area contributed by atoms with E-state index in [9.17, 15) is 4.39 Å². The van der Waals surface area contributed by atoms with Crippen LogP contribution in [0, 0.1) is 5.82 Å². The second kappa shape index (κ2) is 6.76. The molecule has 0 bridgehead atoms. The monoisotopic (exact) mass is 292 g/mol. The van der Waals surface area contributed by atoms with Crippen molar-refractivity contribution in [3.8, 4) is 5.75 Å². The Morgan fingerprint density at radius 3 is 2.50 bits per heavy atom. The number of benzene rings is 2. The molecular formula is C17H18ClFO. The molecule has 1 atom stereocenters. The molecule has 0 N–H and O–H groups in total. The highest BCUT2D eigenvalue weighted by Gasteiger charge is 2.05. The van der Waals surface area contributed by atoms with Gasteiger partial charge in [-0.05, 0) is 48.2 Å². The topological polar surface area (TPSA) is 9.23 Å². The van der Waals surface area contributed by atoms with Gasteiger partial charge in [-0.1, -0.05) is 37.6 Å². The molecule has 20 heavy (non-hydrogen) atoms. The van der Waals surface area contributed by atoms with Gasteiger partial charge >= 0.3 is 0 Å². The molecule has 106 valence electrons. The standard InChI is InChI=1S/C17H18ClFO/c1-3-12(2)13-4-7-16(8-5-13)20-11-14-10-15(19)6-9-17(14)18/h4-10,12H,3,11H2,1-2H3. The maximum absolute atomic E-state index is 13.1. The molecule has 0 aliphatic rings. The van der Waals surface area contributed by atoms with Crippen LogP contribution in [0.25, 0.3) is 0 Å². The normalized spacial score (nSPS) is 12.2. The minimum atomic E-state index is -0.305. The average molecular weight is 293 g/mol. The van der Waals surface area contributed by atoms with Gasteiger partial charge in [-0.2, -0.15) is 0 Å². The molecule has 2 aromatic rings. The zero-order chi connectivity index (χ0) is 14.5. The van der Waals surface area contributed by atoms with Crippen molar-refractivity contribution in [2.75, 3.05) is 0 Å². The second-order valence-electron chi connectivity index (χ2n) is 4.90. The third-order valence-corrected chi connectivity index (χ3v) is 3.83. The molecule has 0 amide bonds. The van der Waals surface area contributed by atoms with Crippen LogP contribution in [-0.4, -0.2) is 0 Å². The van der Waals surface area contributed by atoms with E-state index >= 15 is 0 Å². The zero-order valence-corrected chi connectivity index (χ0v) is 12.5. The van der Waals surface area contributed by atoms with Crippen molar-refractivity contribution >= 4 is 11.6 Å². The van der Waals surface area contributed by atoms with E-state index in [2.05, 4.69) is 26.0 Å². The van der Waals surface area contributed by atoms with Gasteiger partial charge < -0.3 is 4.74 Å². The highest BCUT2D eigenvalue weighted by atomic mass is 35.5. The third kappa shape index (κ3) is 3.73. The van der Waals surface area contributed by atoms with Crippen LogP contribution in [0.2, 0.25) is 5.02 Å². The van der Waals surface area contributed by atoms with Crippen LogP contribution in [0.4, 0.5) is 4.39 Å². The Kier molecular flexibility index (Phi) is 5.02. The third-order valence-electron chi connectivity index (χ3n) is 3.46. The molecule has 0 fully saturated rings. The molecule has 2 rings (SSSR count). The van der Waals surface area contributed by atoms with Gasteiger partial charge in [-0.25, -0.2) is 4.39 Å². The molecule has 0 spiro atoms. The van der Waals surface area contributed by atoms with Crippen molar-refractivity contribution < 1.29 is 9.13 Å². The van der Waals surface area contributed by atoms with Gasteiger partial charge in [-0.3, -0.25) is 0 Å². The van der Waals surface area contributed by atoms with Crippen LogP contribution < -0.4 is 4.74 Å². The summed E-state index contributed by atoms with van der Waals surface area (Å²) in [5.41, 5.74) is 1.95. The summed E-state index contributed by atoms with van der Waals surface area (Å²) in [6.45, 7) is 4.63. The smallest absolute Gasteiger partial charge is 0.123 e. The summed E-state index contributed by atoms with van der Waals surface area (Å²) >= 11 is 6.00. The predicted molar refractivity (Wildman–Crippen MR) is 80.9 cm³/mol. The number of halogens is 2. The molecular weight excluding hydrogens is 275 g/mol. The molecule has 0 heterocycles. The SMILES string of the molecule is CCC(C)c1ccc(OCc2cc(F)ccc2Cl)cc1. The van der Waals surface area contributed by atoms with E-state index in [1.165, 1.54) is 17.7 Å². The summed E-state index contributed by atoms with van der Waals surface area (Å²) in [5, 5.41) is 0.516. The molecule has 1 nitrogen and oxygen atoms in total. The summed E-state index contributed by atoms with van der Waals surface area (Å²) in [4.78, 5) is 0. The lowest BCUT2D eigenvalue weighted by Crippen LogP contribution is -1.98. The molecule has 0 radical (unpaired) electrons. The zero-order valence-electron chi connectivity index (χ0n) is 11.7. The number of rotatable bonds is 5. The minimum Gasteiger partial charge on any atom is -0.489 e. The summed E-state index contributed by atoms with van der Waals surface area (Å²) in [6.07, 6.45) is 1.11. The quantitative estimate of drug-likeness (QED) is 0.700. The minimum absolute atomic E-state index is 0.263. The summed E-state index contributed by atoms with van der Waals surface area (Å²) in [6, 6.07) is 12.3. The molecule has 0 saturated heterocycles. The summed E-state index contributed by atoms with van der Waals surface area (Å²) in [5.74, 6) is 0.999. The average Bonchev–Trinajstić information content (AvgIpc) is 2.48. The van der Waals surface area contributed by atoms with E-state index in [0.29, 0.717) is 16.5 Å². The van der Waals surface area contributed by atoms with E-state index in [0.717, 1.165) is 12.2 Å². The molecule has 0 aliphatic heterocycles. The molecule has 1 unspecified atom stereocenters. The molecule has 3 heteroatoms. The van der Waals surface area contributed by atoms with Crippen molar-refractivity contribution in [3.05, 3.63) is 64.4 Å². The summed E-state index contributed by atoms with van der Waals surface area (Å²) in [7, 11) is 0. The Hall–Kier alpha value is -1.54. The highest BCUT2D eigenvalue weighted by molar-refractivity contribution is 6.31. The first kappa shape index (κ1) is 14.9. The molecule has 2 aromatic carbocycles. The van der Waals surface area contributed by atoms with Gasteiger partial charge in [0.1, 0.15) is 18.2 Å². The number of ether oxygens (including phenoxy) is 1. The Bertz CT molecular complexity index is 566. The van der Waals surface area contributed by atoms with Crippen LogP contribution >= 0.6 is 11.6 Å². The van der Waals surface area contributed by atoms with E-state index < -0.39 is 0 Å². The predicted octanol–water partition coefficient (Wildman–Crippen LogP) is 5.57. The van der Waals surface area contributed by atoms with Crippen molar-refractivity contribution in [1.29, 1.82) is 0 Å². The first-order valence-electron chi connectivity index (χ1n) is 6.77. The van der Waals surface area contributed by atoms with Crippen LogP contribution in [0.15, 0.2) is 42.5 Å². The van der Waals surface area contributed by atoms with Gasteiger partial charge in [0, 0.05) is 10.6 Å². The van der Waals surface area contributed by atoms with E-state index in [1.807, 2.05) is 12.1 Å². The van der Waals surface area contributed by atoms with Crippen LogP contribution in [-0.2, 0) is 6.61 Å². The number of hydrogen-bond acceptors (Lipinski definition) is 1. The van der Waals surface area contributed by atoms with Gasteiger partial charge in [0.05, 0.1) is 0 Å². The van der Waals surface area contributed by atoms with Crippen LogP contribution in [0.5, 0.6) is 5.75 Å². The maximum Gasteiger partial charge on any atom is 0.123 e. The maximum atomic E-state index is 13.1. The second-order valence-corrected chi connectivity index (χ2v) is 5.31. The highest BCUT2D eigenvalue weighted by Crippen LogP contribution is 2.23. The van der Waals surface area contributed by atoms with E-state index in [1.54, 1.807) is 6.07 Å². The van der Waals surface area contributed by atoms with Crippen LogP contribution in [0.3, 0.4) is 0 Å². The lowest BCUT2D eigenvalue weighted by atomic mass is 9.99. The molecule has 0 aliphatic carbocycles.